The predicted octanol–water partition coefficient (Wildman–Crippen LogP) is 6.25. The van der Waals surface area contributed by atoms with Gasteiger partial charge in [0, 0.05) is 35.6 Å². The van der Waals surface area contributed by atoms with Crippen molar-refractivity contribution < 1.29 is 47.0 Å². The number of hydrogen-bond donors (Lipinski definition) is 0. The molecule has 2 aromatic heterocycles. The standard InChI is InChI=1S/C13H9FN2O4.C11H15BFNO2.C8H6BrNO4/c1-20-13(17)8-2-3-10(12(6-8)16(18)19)9-4-5-15-7-11(9)14;1-10(2)11(3,4)16-12(15-10)8-5-6-14-7-9(8)13;1-14-8(11)5-2-3-6(9)7(4-5)10(12)13/h2-7H,1H3;5-7H,1-4H3;2-4H,1H3. The van der Waals surface area contributed by atoms with E-state index < -0.39 is 51.7 Å². The Balaban J connectivity index is 0.000000207. The summed E-state index contributed by atoms with van der Waals surface area (Å²) in [6.45, 7) is 7.75. The van der Waals surface area contributed by atoms with E-state index in [9.17, 15) is 38.6 Å². The molecule has 0 unspecified atom stereocenters. The van der Waals surface area contributed by atoms with Gasteiger partial charge in [-0.2, -0.15) is 0 Å². The van der Waals surface area contributed by atoms with Gasteiger partial charge in [0.2, 0.25) is 0 Å². The number of aromatic nitrogens is 2. The van der Waals surface area contributed by atoms with Crippen molar-refractivity contribution in [2.24, 2.45) is 0 Å². The molecule has 18 heteroatoms. The monoisotopic (exact) mass is 758 g/mol. The molecule has 5 rings (SSSR count). The zero-order valence-electron chi connectivity index (χ0n) is 27.5. The number of pyridine rings is 2. The molecule has 14 nitrogen and oxygen atoms in total. The van der Waals surface area contributed by atoms with Crippen LogP contribution in [0, 0.1) is 31.9 Å². The molecule has 0 N–H and O–H groups in total. The number of methoxy groups -OCH3 is 2. The number of nitro benzene ring substituents is 2. The van der Waals surface area contributed by atoms with E-state index in [1.807, 2.05) is 27.7 Å². The first-order chi connectivity index (χ1) is 23.4. The maximum atomic E-state index is 13.7. The fraction of sp³-hybridized carbons (Fsp3) is 0.250. The van der Waals surface area contributed by atoms with E-state index in [2.05, 4.69) is 35.4 Å². The van der Waals surface area contributed by atoms with E-state index in [4.69, 9.17) is 9.31 Å². The molecule has 2 aromatic carbocycles. The Bertz CT molecular complexity index is 1900. The maximum Gasteiger partial charge on any atom is 0.497 e. The molecule has 0 bridgehead atoms. The molecular weight excluding hydrogens is 729 g/mol. The first kappa shape index (κ1) is 39.2. The van der Waals surface area contributed by atoms with Crippen molar-refractivity contribution in [2.45, 2.75) is 38.9 Å². The van der Waals surface area contributed by atoms with E-state index in [1.165, 1.54) is 63.1 Å². The van der Waals surface area contributed by atoms with Crippen LogP contribution >= 0.6 is 15.9 Å². The smallest absolute Gasteiger partial charge is 0.465 e. The van der Waals surface area contributed by atoms with Gasteiger partial charge >= 0.3 is 19.1 Å². The fourth-order valence-corrected chi connectivity index (χ4v) is 4.58. The first-order valence-electron chi connectivity index (χ1n) is 14.4. The summed E-state index contributed by atoms with van der Waals surface area (Å²) in [4.78, 5) is 50.0. The van der Waals surface area contributed by atoms with Gasteiger partial charge in [0.1, 0.15) is 11.6 Å². The minimum atomic E-state index is -0.699. The third kappa shape index (κ3) is 9.28. The van der Waals surface area contributed by atoms with Crippen LogP contribution in [0.4, 0.5) is 20.2 Å². The molecule has 0 aliphatic carbocycles. The van der Waals surface area contributed by atoms with E-state index in [-0.39, 0.29) is 33.6 Å². The van der Waals surface area contributed by atoms with Crippen LogP contribution < -0.4 is 5.46 Å². The molecule has 0 amide bonds. The number of ether oxygens (including phenoxy) is 2. The SMILES string of the molecule is CC1(C)OB(c2ccncc2F)OC1(C)C.COC(=O)c1ccc(-c2ccncc2F)c([N+](=O)[O-])c1.COC(=O)c1ccc(Br)c([N+](=O)[O-])c1. The van der Waals surface area contributed by atoms with Crippen LogP contribution in [0.25, 0.3) is 11.1 Å². The third-order valence-corrected chi connectivity index (χ3v) is 8.22. The lowest BCUT2D eigenvalue weighted by atomic mass is 9.79. The lowest BCUT2D eigenvalue weighted by Gasteiger charge is -2.32. The Morgan fingerprint density at radius 2 is 1.24 bits per heavy atom. The Hall–Kier alpha value is -5.20. The summed E-state index contributed by atoms with van der Waals surface area (Å²) in [5.41, 5.74) is -0.745. The minimum Gasteiger partial charge on any atom is -0.465 e. The normalized spacial score (nSPS) is 13.9. The summed E-state index contributed by atoms with van der Waals surface area (Å²) < 4.78 is 47.9. The highest BCUT2D eigenvalue weighted by molar-refractivity contribution is 9.10. The molecule has 4 aromatic rings. The van der Waals surface area contributed by atoms with Gasteiger partial charge in [0.05, 0.1) is 68.8 Å². The van der Waals surface area contributed by atoms with Gasteiger partial charge in [-0.05, 0) is 80.0 Å². The number of esters is 2. The molecule has 0 spiro atoms. The van der Waals surface area contributed by atoms with Crippen LogP contribution in [0.2, 0.25) is 0 Å². The summed E-state index contributed by atoms with van der Waals surface area (Å²) in [7, 11) is 1.73. The van der Waals surface area contributed by atoms with Crippen molar-refractivity contribution in [2.75, 3.05) is 14.2 Å². The summed E-state index contributed by atoms with van der Waals surface area (Å²) in [6, 6.07) is 10.7. The van der Waals surface area contributed by atoms with Crippen molar-refractivity contribution in [3.05, 3.63) is 121 Å². The molecule has 3 heterocycles. The van der Waals surface area contributed by atoms with Gasteiger partial charge in [0.25, 0.3) is 11.4 Å². The second kappa shape index (κ2) is 16.5. The molecule has 50 heavy (non-hydrogen) atoms. The topological polar surface area (TPSA) is 183 Å². The number of halogens is 3. The fourth-order valence-electron chi connectivity index (χ4n) is 4.19. The van der Waals surface area contributed by atoms with Gasteiger partial charge in [0.15, 0.2) is 0 Å². The molecule has 1 fully saturated rings. The first-order valence-corrected chi connectivity index (χ1v) is 15.2. The summed E-state index contributed by atoms with van der Waals surface area (Å²) >= 11 is 3.01. The molecular formula is C32H30BBrF2N4O10. The second-order valence-corrected chi connectivity index (χ2v) is 12.1. The van der Waals surface area contributed by atoms with Crippen molar-refractivity contribution >= 4 is 51.8 Å². The molecule has 1 aliphatic rings. The van der Waals surface area contributed by atoms with Gasteiger partial charge in [-0.1, -0.05) is 0 Å². The Kier molecular flexibility index (Phi) is 12.9. The highest BCUT2D eigenvalue weighted by Crippen LogP contribution is 2.36. The molecule has 262 valence electrons. The minimum absolute atomic E-state index is 0.0254. The number of carbonyl (C=O) groups excluding carboxylic acids is 2. The van der Waals surface area contributed by atoms with Crippen molar-refractivity contribution in [1.82, 2.24) is 9.97 Å². The number of benzene rings is 2. The van der Waals surface area contributed by atoms with Crippen LogP contribution in [0.15, 0.2) is 77.8 Å². The zero-order chi connectivity index (χ0) is 37.4. The Morgan fingerprint density at radius 3 is 1.72 bits per heavy atom. The molecule has 0 radical (unpaired) electrons. The van der Waals surface area contributed by atoms with Gasteiger partial charge in [-0.15, -0.1) is 0 Å². The van der Waals surface area contributed by atoms with E-state index in [0.29, 0.717) is 9.94 Å². The predicted molar refractivity (Wildman–Crippen MR) is 180 cm³/mol. The summed E-state index contributed by atoms with van der Waals surface area (Å²) in [5, 5.41) is 21.6. The van der Waals surface area contributed by atoms with E-state index in [1.54, 1.807) is 6.07 Å². The molecule has 1 aliphatic heterocycles. The largest absolute Gasteiger partial charge is 0.497 e. The zero-order valence-corrected chi connectivity index (χ0v) is 29.1. The number of nitro groups is 2. The summed E-state index contributed by atoms with van der Waals surface area (Å²) in [5.74, 6) is -2.38. The number of carbonyl (C=O) groups is 2. The highest BCUT2D eigenvalue weighted by atomic mass is 79.9. The lowest BCUT2D eigenvalue weighted by molar-refractivity contribution is -0.385. The van der Waals surface area contributed by atoms with Crippen LogP contribution in [0.3, 0.4) is 0 Å². The molecule has 0 atom stereocenters. The van der Waals surface area contributed by atoms with E-state index >= 15 is 0 Å². The quantitative estimate of drug-likeness (QED) is 0.0934. The van der Waals surface area contributed by atoms with Crippen LogP contribution in [0.1, 0.15) is 48.4 Å². The maximum absolute atomic E-state index is 13.7. The lowest BCUT2D eigenvalue weighted by Crippen LogP contribution is -2.41. The van der Waals surface area contributed by atoms with Crippen LogP contribution in [0.5, 0.6) is 0 Å². The average Bonchev–Trinajstić information content (AvgIpc) is 3.30. The second-order valence-electron chi connectivity index (χ2n) is 11.2. The highest BCUT2D eigenvalue weighted by Gasteiger charge is 2.52. The van der Waals surface area contributed by atoms with Crippen LogP contribution in [-0.2, 0) is 18.8 Å². The average molecular weight is 759 g/mol. The van der Waals surface area contributed by atoms with Crippen molar-refractivity contribution in [1.29, 1.82) is 0 Å². The van der Waals surface area contributed by atoms with E-state index in [0.717, 1.165) is 18.3 Å². The third-order valence-electron chi connectivity index (χ3n) is 7.55. The van der Waals surface area contributed by atoms with Crippen molar-refractivity contribution in [3.63, 3.8) is 0 Å². The summed E-state index contributed by atoms with van der Waals surface area (Å²) in [6.07, 6.45) is 4.99. The van der Waals surface area contributed by atoms with Gasteiger partial charge in [-0.3, -0.25) is 30.2 Å². The number of hydrogen-bond acceptors (Lipinski definition) is 12. The van der Waals surface area contributed by atoms with Gasteiger partial charge < -0.3 is 18.8 Å². The Morgan fingerprint density at radius 1 is 0.760 bits per heavy atom. The van der Waals surface area contributed by atoms with Crippen LogP contribution in [-0.4, -0.2) is 64.3 Å². The van der Waals surface area contributed by atoms with Gasteiger partial charge in [-0.25, -0.2) is 18.4 Å². The Labute approximate surface area is 293 Å². The molecule has 1 saturated heterocycles. The number of rotatable bonds is 6. The molecule has 0 saturated carbocycles. The number of nitrogens with zero attached hydrogens (tertiary/aromatic N) is 4. The van der Waals surface area contributed by atoms with Crippen molar-refractivity contribution in [3.8, 4) is 11.1 Å².